The van der Waals surface area contributed by atoms with Crippen molar-refractivity contribution >= 4 is 17.3 Å². The monoisotopic (exact) mass is 328 g/mol. The van der Waals surface area contributed by atoms with E-state index in [4.69, 9.17) is 17.0 Å². The lowest BCUT2D eigenvalue weighted by Crippen LogP contribution is -2.38. The lowest BCUT2D eigenvalue weighted by Gasteiger charge is -2.22. The van der Waals surface area contributed by atoms with Gasteiger partial charge in [-0.15, -0.1) is 0 Å². The highest BCUT2D eigenvalue weighted by Gasteiger charge is 2.14. The van der Waals surface area contributed by atoms with Gasteiger partial charge in [-0.25, -0.2) is 0 Å². The first-order valence-electron chi connectivity index (χ1n) is 8.03. The maximum absolute atomic E-state index is 5.45. The fourth-order valence-corrected chi connectivity index (χ4v) is 2.57. The molecule has 0 amide bonds. The molecule has 0 aromatic heterocycles. The molecule has 4 heteroatoms. The van der Waals surface area contributed by atoms with E-state index >= 15 is 0 Å². The average molecular weight is 328 g/mol. The molecule has 0 aliphatic carbocycles. The Bertz CT molecular complexity index is 535. The summed E-state index contributed by atoms with van der Waals surface area (Å²) in [6.07, 6.45) is 0.941. The largest absolute Gasteiger partial charge is 0.382 e. The maximum atomic E-state index is 5.45. The third kappa shape index (κ3) is 6.00. The second-order valence-corrected chi connectivity index (χ2v) is 5.61. The molecule has 2 rings (SSSR count). The van der Waals surface area contributed by atoms with Crippen LogP contribution in [0, 0.1) is 0 Å². The molecule has 23 heavy (non-hydrogen) atoms. The molecule has 0 heterocycles. The molecule has 3 nitrogen and oxygen atoms in total. The number of nitrogens with one attached hydrogen (secondary N) is 2. The Kier molecular flexibility index (Phi) is 7.57. The predicted molar refractivity (Wildman–Crippen MR) is 99.6 cm³/mol. The normalized spacial score (nSPS) is 10.5. The van der Waals surface area contributed by atoms with Gasteiger partial charge in [-0.2, -0.15) is 0 Å². The number of hydrogen-bond acceptors (Lipinski definition) is 2. The molecule has 2 aromatic carbocycles. The minimum Gasteiger partial charge on any atom is -0.382 e. The number of hydrogen-bond donors (Lipinski definition) is 2. The van der Waals surface area contributed by atoms with Gasteiger partial charge in [0.05, 0.1) is 6.04 Å². The molecule has 0 fully saturated rings. The smallest absolute Gasteiger partial charge is 0.167 e. The van der Waals surface area contributed by atoms with E-state index in [1.54, 1.807) is 0 Å². The van der Waals surface area contributed by atoms with E-state index < -0.39 is 0 Å². The van der Waals surface area contributed by atoms with Gasteiger partial charge in [-0.1, -0.05) is 60.7 Å². The van der Waals surface area contributed by atoms with Crippen LogP contribution >= 0.6 is 12.2 Å². The highest BCUT2D eigenvalue weighted by atomic mass is 32.1. The van der Waals surface area contributed by atoms with Crippen LogP contribution < -0.4 is 10.6 Å². The molecule has 2 aromatic rings. The van der Waals surface area contributed by atoms with Gasteiger partial charge in [0.2, 0.25) is 0 Å². The fourth-order valence-electron chi connectivity index (χ4n) is 2.35. The fraction of sp³-hybridized carbons (Fsp3) is 0.316. The third-order valence-electron chi connectivity index (χ3n) is 3.50. The topological polar surface area (TPSA) is 33.3 Å². The van der Waals surface area contributed by atoms with E-state index in [1.165, 1.54) is 11.1 Å². The minimum atomic E-state index is 0.0456. The molecule has 0 radical (unpaired) electrons. The van der Waals surface area contributed by atoms with Crippen molar-refractivity contribution in [2.75, 3.05) is 19.8 Å². The molecular weight excluding hydrogens is 304 g/mol. The van der Waals surface area contributed by atoms with Crippen molar-refractivity contribution < 1.29 is 4.74 Å². The molecule has 0 aliphatic heterocycles. The van der Waals surface area contributed by atoms with Crippen molar-refractivity contribution in [2.24, 2.45) is 0 Å². The van der Waals surface area contributed by atoms with Crippen LogP contribution in [0.4, 0.5) is 0 Å². The SMILES string of the molecule is CCOCCCNC(=S)NC(c1ccccc1)c1ccccc1. The van der Waals surface area contributed by atoms with Gasteiger partial charge in [0.25, 0.3) is 0 Å². The van der Waals surface area contributed by atoms with Crippen molar-refractivity contribution in [3.05, 3.63) is 71.8 Å². The summed E-state index contributed by atoms with van der Waals surface area (Å²) in [5, 5.41) is 7.34. The Balaban J connectivity index is 1.97. The summed E-state index contributed by atoms with van der Waals surface area (Å²) >= 11 is 5.45. The highest BCUT2D eigenvalue weighted by molar-refractivity contribution is 7.80. The molecule has 122 valence electrons. The summed E-state index contributed by atoms with van der Waals surface area (Å²) in [4.78, 5) is 0. The molecule has 0 unspecified atom stereocenters. The van der Waals surface area contributed by atoms with E-state index in [1.807, 2.05) is 43.3 Å². The summed E-state index contributed by atoms with van der Waals surface area (Å²) in [7, 11) is 0. The molecule has 0 atom stereocenters. The Hall–Kier alpha value is -1.91. The zero-order valence-corrected chi connectivity index (χ0v) is 14.3. The van der Waals surface area contributed by atoms with Gasteiger partial charge in [0.15, 0.2) is 5.11 Å². The third-order valence-corrected chi connectivity index (χ3v) is 3.76. The Morgan fingerprint density at radius 1 is 1.00 bits per heavy atom. The van der Waals surface area contributed by atoms with Gasteiger partial charge in [0, 0.05) is 19.8 Å². The van der Waals surface area contributed by atoms with Gasteiger partial charge in [0.1, 0.15) is 0 Å². The number of thiocarbonyl (C=S) groups is 1. The summed E-state index contributed by atoms with van der Waals surface area (Å²) < 4.78 is 5.33. The van der Waals surface area contributed by atoms with Crippen molar-refractivity contribution in [1.29, 1.82) is 0 Å². The Labute approximate surface area is 144 Å². The van der Waals surface area contributed by atoms with Crippen molar-refractivity contribution in [2.45, 2.75) is 19.4 Å². The highest BCUT2D eigenvalue weighted by Crippen LogP contribution is 2.21. The molecule has 0 aliphatic rings. The average Bonchev–Trinajstić information content (AvgIpc) is 2.61. The Morgan fingerprint density at radius 2 is 1.57 bits per heavy atom. The van der Waals surface area contributed by atoms with Crippen LogP contribution in [-0.4, -0.2) is 24.9 Å². The van der Waals surface area contributed by atoms with Gasteiger partial charge in [-0.3, -0.25) is 0 Å². The first kappa shape index (κ1) is 17.4. The van der Waals surface area contributed by atoms with Crippen molar-refractivity contribution in [1.82, 2.24) is 10.6 Å². The van der Waals surface area contributed by atoms with Gasteiger partial charge in [-0.05, 0) is 36.7 Å². The standard InChI is InChI=1S/C19H24N2OS/c1-2-22-15-9-14-20-19(23)21-18(16-10-5-3-6-11-16)17-12-7-4-8-13-17/h3-8,10-13,18H,2,9,14-15H2,1H3,(H2,20,21,23). The van der Waals surface area contributed by atoms with E-state index in [9.17, 15) is 0 Å². The quantitative estimate of drug-likeness (QED) is 0.572. The maximum Gasteiger partial charge on any atom is 0.167 e. The first-order chi connectivity index (χ1) is 11.3. The van der Waals surface area contributed by atoms with Crippen LogP contribution in [-0.2, 0) is 4.74 Å². The Morgan fingerprint density at radius 3 is 2.09 bits per heavy atom. The van der Waals surface area contributed by atoms with E-state index in [2.05, 4.69) is 34.9 Å². The second kappa shape index (κ2) is 9.98. The zero-order valence-electron chi connectivity index (χ0n) is 13.5. The predicted octanol–water partition coefficient (Wildman–Crippen LogP) is 3.67. The van der Waals surface area contributed by atoms with Crippen LogP contribution in [0.25, 0.3) is 0 Å². The van der Waals surface area contributed by atoms with Crippen LogP contribution in [0.2, 0.25) is 0 Å². The molecular formula is C19H24N2OS. The van der Waals surface area contributed by atoms with Crippen LogP contribution in [0.3, 0.4) is 0 Å². The summed E-state index contributed by atoms with van der Waals surface area (Å²) in [5.41, 5.74) is 2.38. The van der Waals surface area contributed by atoms with E-state index in [0.717, 1.165) is 26.2 Å². The lowest BCUT2D eigenvalue weighted by molar-refractivity contribution is 0.145. The number of benzene rings is 2. The lowest BCUT2D eigenvalue weighted by atomic mass is 9.99. The second-order valence-electron chi connectivity index (χ2n) is 5.21. The van der Waals surface area contributed by atoms with E-state index in [-0.39, 0.29) is 6.04 Å². The molecule has 0 spiro atoms. The van der Waals surface area contributed by atoms with Crippen LogP contribution in [0.15, 0.2) is 60.7 Å². The molecule has 0 bridgehead atoms. The van der Waals surface area contributed by atoms with Crippen LogP contribution in [0.1, 0.15) is 30.5 Å². The van der Waals surface area contributed by atoms with Gasteiger partial charge >= 0.3 is 0 Å². The summed E-state index contributed by atoms with van der Waals surface area (Å²) in [5.74, 6) is 0. The summed E-state index contributed by atoms with van der Waals surface area (Å²) in [6.45, 7) is 4.33. The van der Waals surface area contributed by atoms with E-state index in [0.29, 0.717) is 5.11 Å². The van der Waals surface area contributed by atoms with Crippen molar-refractivity contribution in [3.63, 3.8) is 0 Å². The first-order valence-corrected chi connectivity index (χ1v) is 8.44. The molecule has 0 saturated heterocycles. The van der Waals surface area contributed by atoms with Gasteiger partial charge < -0.3 is 15.4 Å². The minimum absolute atomic E-state index is 0.0456. The summed E-state index contributed by atoms with van der Waals surface area (Å²) in [6, 6.07) is 20.7. The van der Waals surface area contributed by atoms with Crippen LogP contribution in [0.5, 0.6) is 0 Å². The number of rotatable bonds is 8. The number of ether oxygens (including phenoxy) is 1. The molecule has 0 saturated carbocycles. The molecule has 2 N–H and O–H groups in total. The zero-order chi connectivity index (χ0) is 16.3. The van der Waals surface area contributed by atoms with Crippen molar-refractivity contribution in [3.8, 4) is 0 Å².